The molecular formula is C13H19ClFN. The van der Waals surface area contributed by atoms with Gasteiger partial charge in [-0.3, -0.25) is 0 Å². The second-order valence-electron chi connectivity index (χ2n) is 4.15. The van der Waals surface area contributed by atoms with Gasteiger partial charge >= 0.3 is 0 Å². The van der Waals surface area contributed by atoms with E-state index < -0.39 is 0 Å². The van der Waals surface area contributed by atoms with E-state index >= 15 is 0 Å². The Labute approximate surface area is 102 Å². The molecule has 0 radical (unpaired) electrons. The van der Waals surface area contributed by atoms with Crippen LogP contribution in [0, 0.1) is 11.7 Å². The van der Waals surface area contributed by atoms with Gasteiger partial charge in [-0.25, -0.2) is 4.39 Å². The van der Waals surface area contributed by atoms with Crippen LogP contribution in [0.15, 0.2) is 18.2 Å². The van der Waals surface area contributed by atoms with Crippen LogP contribution in [0.1, 0.15) is 25.3 Å². The standard InChI is InChI=1S/C13H19ClFN/c1-3-4-10(9-16-2)7-11-5-6-12(14)8-13(11)15/h5-6,8,10,16H,3-4,7,9H2,1-2H3. The van der Waals surface area contributed by atoms with Crippen molar-refractivity contribution >= 4 is 11.6 Å². The Morgan fingerprint density at radius 2 is 2.19 bits per heavy atom. The number of benzene rings is 1. The molecule has 0 aliphatic rings. The highest BCUT2D eigenvalue weighted by Gasteiger charge is 2.11. The van der Waals surface area contributed by atoms with Gasteiger partial charge in [0.05, 0.1) is 0 Å². The smallest absolute Gasteiger partial charge is 0.127 e. The second-order valence-corrected chi connectivity index (χ2v) is 4.59. The van der Waals surface area contributed by atoms with Crippen LogP contribution in [-0.4, -0.2) is 13.6 Å². The molecule has 90 valence electrons. The van der Waals surface area contributed by atoms with Gasteiger partial charge < -0.3 is 5.32 Å². The number of rotatable bonds is 6. The summed E-state index contributed by atoms with van der Waals surface area (Å²) in [5, 5.41) is 3.62. The molecule has 16 heavy (non-hydrogen) atoms. The van der Waals surface area contributed by atoms with Crippen LogP contribution < -0.4 is 5.32 Å². The van der Waals surface area contributed by atoms with Gasteiger partial charge in [0, 0.05) is 5.02 Å². The predicted octanol–water partition coefficient (Wildman–Crippen LogP) is 3.66. The van der Waals surface area contributed by atoms with E-state index in [4.69, 9.17) is 11.6 Å². The van der Waals surface area contributed by atoms with Gasteiger partial charge in [-0.05, 0) is 50.0 Å². The van der Waals surface area contributed by atoms with Crippen LogP contribution in [-0.2, 0) is 6.42 Å². The molecule has 0 heterocycles. The molecule has 0 spiro atoms. The molecule has 0 aromatic heterocycles. The topological polar surface area (TPSA) is 12.0 Å². The summed E-state index contributed by atoms with van der Waals surface area (Å²) in [7, 11) is 1.93. The zero-order chi connectivity index (χ0) is 12.0. The molecular weight excluding hydrogens is 225 g/mol. The Hall–Kier alpha value is -0.600. The molecule has 1 aromatic rings. The van der Waals surface area contributed by atoms with Crippen LogP contribution in [0.3, 0.4) is 0 Å². The molecule has 0 aliphatic carbocycles. The monoisotopic (exact) mass is 243 g/mol. The van der Waals surface area contributed by atoms with Crippen molar-refractivity contribution in [2.45, 2.75) is 26.2 Å². The molecule has 0 aliphatic heterocycles. The summed E-state index contributed by atoms with van der Waals surface area (Å²) in [5.41, 5.74) is 0.762. The molecule has 0 fully saturated rings. The Balaban J connectivity index is 2.68. The summed E-state index contributed by atoms with van der Waals surface area (Å²) in [6.07, 6.45) is 3.02. The highest BCUT2D eigenvalue weighted by atomic mass is 35.5. The number of hydrogen-bond acceptors (Lipinski definition) is 1. The van der Waals surface area contributed by atoms with E-state index in [0.717, 1.165) is 31.4 Å². The van der Waals surface area contributed by atoms with Crippen molar-refractivity contribution in [3.63, 3.8) is 0 Å². The van der Waals surface area contributed by atoms with Gasteiger partial charge in [0.1, 0.15) is 5.82 Å². The van der Waals surface area contributed by atoms with Crippen molar-refractivity contribution < 1.29 is 4.39 Å². The van der Waals surface area contributed by atoms with Crippen molar-refractivity contribution in [3.05, 3.63) is 34.6 Å². The molecule has 1 unspecified atom stereocenters. The average Bonchev–Trinajstić information content (AvgIpc) is 2.23. The van der Waals surface area contributed by atoms with E-state index in [2.05, 4.69) is 12.2 Å². The van der Waals surface area contributed by atoms with Crippen LogP contribution in [0.2, 0.25) is 5.02 Å². The zero-order valence-electron chi connectivity index (χ0n) is 9.89. The van der Waals surface area contributed by atoms with E-state index in [1.54, 1.807) is 12.1 Å². The Morgan fingerprint density at radius 1 is 1.44 bits per heavy atom. The Bertz CT molecular complexity index is 322. The first kappa shape index (κ1) is 13.5. The average molecular weight is 244 g/mol. The van der Waals surface area contributed by atoms with Crippen LogP contribution in [0.4, 0.5) is 4.39 Å². The molecule has 1 atom stereocenters. The minimum absolute atomic E-state index is 0.190. The van der Waals surface area contributed by atoms with E-state index in [-0.39, 0.29) is 5.82 Å². The van der Waals surface area contributed by atoms with Gasteiger partial charge in [0.2, 0.25) is 0 Å². The highest BCUT2D eigenvalue weighted by Crippen LogP contribution is 2.19. The van der Waals surface area contributed by atoms with E-state index in [0.29, 0.717) is 10.9 Å². The maximum Gasteiger partial charge on any atom is 0.127 e. The maximum absolute atomic E-state index is 13.6. The van der Waals surface area contributed by atoms with Crippen LogP contribution in [0.5, 0.6) is 0 Å². The molecule has 0 saturated heterocycles. The third-order valence-corrected chi connectivity index (χ3v) is 2.95. The fourth-order valence-electron chi connectivity index (χ4n) is 1.97. The van der Waals surface area contributed by atoms with Gasteiger partial charge in [-0.15, -0.1) is 0 Å². The van der Waals surface area contributed by atoms with Gasteiger partial charge in [-0.2, -0.15) is 0 Å². The minimum atomic E-state index is -0.190. The van der Waals surface area contributed by atoms with Crippen molar-refractivity contribution in [3.8, 4) is 0 Å². The lowest BCUT2D eigenvalue weighted by molar-refractivity contribution is 0.447. The lowest BCUT2D eigenvalue weighted by atomic mass is 9.95. The van der Waals surface area contributed by atoms with Crippen molar-refractivity contribution in [2.75, 3.05) is 13.6 Å². The van der Waals surface area contributed by atoms with Crippen molar-refractivity contribution in [2.24, 2.45) is 5.92 Å². The Kier molecular flexibility index (Phi) is 5.78. The lowest BCUT2D eigenvalue weighted by Gasteiger charge is -2.16. The summed E-state index contributed by atoms with van der Waals surface area (Å²) in [5.74, 6) is 0.301. The molecule has 0 bridgehead atoms. The third kappa shape index (κ3) is 4.11. The second kappa shape index (κ2) is 6.87. The van der Waals surface area contributed by atoms with E-state index in [1.807, 2.05) is 7.05 Å². The number of halogens is 2. The SMILES string of the molecule is CCCC(CNC)Cc1ccc(Cl)cc1F. The van der Waals surface area contributed by atoms with Crippen LogP contribution in [0.25, 0.3) is 0 Å². The first-order valence-electron chi connectivity index (χ1n) is 5.75. The zero-order valence-corrected chi connectivity index (χ0v) is 10.6. The van der Waals surface area contributed by atoms with E-state index in [9.17, 15) is 4.39 Å². The molecule has 0 amide bonds. The van der Waals surface area contributed by atoms with Crippen LogP contribution >= 0.6 is 11.6 Å². The first-order valence-corrected chi connectivity index (χ1v) is 6.13. The largest absolute Gasteiger partial charge is 0.319 e. The molecule has 1 aromatic carbocycles. The molecule has 1 N–H and O–H groups in total. The summed E-state index contributed by atoms with van der Waals surface area (Å²) in [4.78, 5) is 0. The minimum Gasteiger partial charge on any atom is -0.319 e. The van der Waals surface area contributed by atoms with Crippen molar-refractivity contribution in [1.29, 1.82) is 0 Å². The molecule has 1 rings (SSSR count). The van der Waals surface area contributed by atoms with Crippen molar-refractivity contribution in [1.82, 2.24) is 5.32 Å². The predicted molar refractivity (Wildman–Crippen MR) is 67.4 cm³/mol. The third-order valence-electron chi connectivity index (χ3n) is 2.71. The maximum atomic E-state index is 13.6. The fraction of sp³-hybridized carbons (Fsp3) is 0.538. The summed E-state index contributed by atoms with van der Waals surface area (Å²) >= 11 is 5.72. The van der Waals surface area contributed by atoms with Gasteiger partial charge in [0.25, 0.3) is 0 Å². The summed E-state index contributed by atoms with van der Waals surface area (Å²) in [6, 6.07) is 4.93. The molecule has 1 nitrogen and oxygen atoms in total. The molecule has 0 saturated carbocycles. The lowest BCUT2D eigenvalue weighted by Crippen LogP contribution is -2.21. The van der Waals surface area contributed by atoms with Gasteiger partial charge in [-0.1, -0.05) is 31.0 Å². The summed E-state index contributed by atoms with van der Waals surface area (Å²) in [6.45, 7) is 3.08. The molecule has 3 heteroatoms. The fourth-order valence-corrected chi connectivity index (χ4v) is 2.13. The normalized spacial score (nSPS) is 12.8. The van der Waals surface area contributed by atoms with Gasteiger partial charge in [0.15, 0.2) is 0 Å². The summed E-state index contributed by atoms with van der Waals surface area (Å²) < 4.78 is 13.6. The number of nitrogens with one attached hydrogen (secondary N) is 1. The number of hydrogen-bond donors (Lipinski definition) is 1. The van der Waals surface area contributed by atoms with E-state index in [1.165, 1.54) is 6.07 Å². The quantitative estimate of drug-likeness (QED) is 0.804. The Morgan fingerprint density at radius 3 is 2.75 bits per heavy atom. The highest BCUT2D eigenvalue weighted by molar-refractivity contribution is 6.30. The first-order chi connectivity index (χ1) is 7.67.